The van der Waals surface area contributed by atoms with Crippen molar-refractivity contribution in [3.05, 3.63) is 48.6 Å². The second-order valence-electron chi connectivity index (χ2n) is 18.8. The Bertz CT molecular complexity index is 1140. The van der Waals surface area contributed by atoms with Gasteiger partial charge in [0.25, 0.3) is 0 Å². The van der Waals surface area contributed by atoms with Crippen molar-refractivity contribution in [1.29, 1.82) is 0 Å². The van der Waals surface area contributed by atoms with E-state index >= 15 is 0 Å². The fraction of sp³-hybridized carbons (Fsp3) is 0.814. The monoisotopic (exact) mass is 911 g/mol. The highest BCUT2D eigenvalue weighted by Gasteiger charge is 2.19. The number of carbonyl (C=O) groups excluding carboxylic acids is 3. The van der Waals surface area contributed by atoms with E-state index in [0.29, 0.717) is 19.3 Å². The number of unbranched alkanes of at least 4 members (excludes halogenated alkanes) is 32. The van der Waals surface area contributed by atoms with E-state index in [0.717, 1.165) is 83.5 Å². The number of ether oxygens (including phenoxy) is 3. The molecular formula is C59H106O6. The lowest BCUT2D eigenvalue weighted by Gasteiger charge is -2.18. The van der Waals surface area contributed by atoms with Crippen LogP contribution in [0.4, 0.5) is 0 Å². The number of carbonyl (C=O) groups is 3. The summed E-state index contributed by atoms with van der Waals surface area (Å²) in [4.78, 5) is 38.0. The summed E-state index contributed by atoms with van der Waals surface area (Å²) in [6.45, 7) is 6.54. The Hall–Kier alpha value is -2.63. The van der Waals surface area contributed by atoms with Gasteiger partial charge in [0.1, 0.15) is 13.2 Å². The minimum Gasteiger partial charge on any atom is -0.462 e. The van der Waals surface area contributed by atoms with Crippen LogP contribution in [-0.4, -0.2) is 37.2 Å². The summed E-state index contributed by atoms with van der Waals surface area (Å²) in [5.41, 5.74) is 0. The van der Waals surface area contributed by atoms with Crippen molar-refractivity contribution in [3.63, 3.8) is 0 Å². The average molecular weight is 911 g/mol. The van der Waals surface area contributed by atoms with Crippen molar-refractivity contribution < 1.29 is 28.6 Å². The van der Waals surface area contributed by atoms with Crippen molar-refractivity contribution in [2.75, 3.05) is 13.2 Å². The smallest absolute Gasteiger partial charge is 0.306 e. The van der Waals surface area contributed by atoms with Gasteiger partial charge in [-0.05, 0) is 57.8 Å². The minimum atomic E-state index is -0.769. The van der Waals surface area contributed by atoms with E-state index < -0.39 is 6.10 Å². The summed E-state index contributed by atoms with van der Waals surface area (Å²) in [7, 11) is 0. The Labute approximate surface area is 403 Å². The molecule has 378 valence electrons. The number of hydrogen-bond donors (Lipinski definition) is 0. The molecule has 0 saturated heterocycles. The van der Waals surface area contributed by atoms with Crippen LogP contribution in [0.15, 0.2) is 48.6 Å². The molecule has 0 amide bonds. The van der Waals surface area contributed by atoms with Gasteiger partial charge in [-0.15, -0.1) is 0 Å². The molecule has 65 heavy (non-hydrogen) atoms. The van der Waals surface area contributed by atoms with Crippen molar-refractivity contribution in [3.8, 4) is 0 Å². The first-order chi connectivity index (χ1) is 32.0. The van der Waals surface area contributed by atoms with Crippen molar-refractivity contribution in [2.45, 2.75) is 297 Å². The van der Waals surface area contributed by atoms with Gasteiger partial charge in [-0.1, -0.05) is 262 Å². The van der Waals surface area contributed by atoms with E-state index in [1.54, 1.807) is 0 Å². The van der Waals surface area contributed by atoms with Crippen molar-refractivity contribution in [2.24, 2.45) is 0 Å². The number of esters is 3. The highest BCUT2D eigenvalue weighted by atomic mass is 16.6. The van der Waals surface area contributed by atoms with Crippen LogP contribution in [0.3, 0.4) is 0 Å². The first-order valence-corrected chi connectivity index (χ1v) is 28.1. The summed E-state index contributed by atoms with van der Waals surface area (Å²) in [5, 5.41) is 0. The molecular weight excluding hydrogens is 805 g/mol. The van der Waals surface area contributed by atoms with Crippen LogP contribution in [0.2, 0.25) is 0 Å². The Balaban J connectivity index is 4.25. The first kappa shape index (κ1) is 62.4. The molecule has 0 aromatic carbocycles. The Morgan fingerprint density at radius 1 is 0.323 bits per heavy atom. The molecule has 1 atom stereocenters. The fourth-order valence-electron chi connectivity index (χ4n) is 8.14. The van der Waals surface area contributed by atoms with Crippen LogP contribution >= 0.6 is 0 Å². The standard InChI is InChI=1S/C59H106O6/c1-4-7-10-13-16-19-22-24-25-26-27-28-29-30-31-32-33-35-37-40-43-46-49-52-58(61)64-55-56(54-63-57(60)51-48-45-42-39-36-21-18-15-12-9-6-3)65-59(62)53-50-47-44-41-38-34-23-20-17-14-11-8-5-2/h7,10,16,19,24-25,27-28,56H,4-6,8-9,11-15,17-18,20-23,26,29-55H2,1-3H3/b10-7-,19-16-,25-24-,28-27-. The molecule has 6 heteroatoms. The maximum absolute atomic E-state index is 12.8. The largest absolute Gasteiger partial charge is 0.462 e. The summed E-state index contributed by atoms with van der Waals surface area (Å²) in [5.74, 6) is -0.861. The molecule has 6 nitrogen and oxygen atoms in total. The van der Waals surface area contributed by atoms with Gasteiger partial charge in [-0.25, -0.2) is 0 Å². The van der Waals surface area contributed by atoms with E-state index in [4.69, 9.17) is 14.2 Å². The molecule has 0 aliphatic carbocycles. The molecule has 0 bridgehead atoms. The van der Waals surface area contributed by atoms with Crippen molar-refractivity contribution in [1.82, 2.24) is 0 Å². The third-order valence-electron chi connectivity index (χ3n) is 12.3. The van der Waals surface area contributed by atoms with Crippen LogP contribution < -0.4 is 0 Å². The molecule has 0 fully saturated rings. The van der Waals surface area contributed by atoms with Crippen LogP contribution in [0.25, 0.3) is 0 Å². The predicted octanol–water partition coefficient (Wildman–Crippen LogP) is 18.7. The van der Waals surface area contributed by atoms with E-state index in [2.05, 4.69) is 69.4 Å². The average Bonchev–Trinajstić information content (AvgIpc) is 3.30. The van der Waals surface area contributed by atoms with Crippen LogP contribution in [0.1, 0.15) is 290 Å². The lowest BCUT2D eigenvalue weighted by atomic mass is 10.0. The molecule has 0 aliphatic rings. The molecule has 0 aromatic heterocycles. The normalized spacial score (nSPS) is 12.4. The topological polar surface area (TPSA) is 78.9 Å². The maximum atomic E-state index is 12.8. The van der Waals surface area contributed by atoms with Gasteiger partial charge in [-0.3, -0.25) is 14.4 Å². The van der Waals surface area contributed by atoms with E-state index in [1.807, 2.05) is 0 Å². The summed E-state index contributed by atoms with van der Waals surface area (Å²) in [6.07, 6.45) is 65.3. The predicted molar refractivity (Wildman–Crippen MR) is 279 cm³/mol. The van der Waals surface area contributed by atoms with Gasteiger partial charge in [0, 0.05) is 19.3 Å². The molecule has 0 radical (unpaired) electrons. The Kier molecular flexibility index (Phi) is 51.8. The summed E-state index contributed by atoms with van der Waals surface area (Å²) < 4.78 is 16.8. The highest BCUT2D eigenvalue weighted by molar-refractivity contribution is 5.71. The van der Waals surface area contributed by atoms with E-state index in [9.17, 15) is 14.4 Å². The summed E-state index contributed by atoms with van der Waals surface area (Å²) in [6, 6.07) is 0. The third-order valence-corrected chi connectivity index (χ3v) is 12.3. The zero-order chi connectivity index (χ0) is 47.2. The molecule has 1 unspecified atom stereocenters. The van der Waals surface area contributed by atoms with Gasteiger partial charge in [0.2, 0.25) is 0 Å². The van der Waals surface area contributed by atoms with E-state index in [1.165, 1.54) is 167 Å². The summed E-state index contributed by atoms with van der Waals surface area (Å²) >= 11 is 0. The number of rotatable bonds is 51. The SMILES string of the molecule is CC/C=C\C/C=C\C/C=C\C/C=C\CCCCCCCCCCCCC(=O)OCC(COC(=O)CCCCCCCCCCCCC)OC(=O)CCCCCCCCCCCCCCC. The van der Waals surface area contributed by atoms with Gasteiger partial charge in [0.15, 0.2) is 6.10 Å². The van der Waals surface area contributed by atoms with Crippen LogP contribution in [-0.2, 0) is 28.6 Å². The Morgan fingerprint density at radius 2 is 0.600 bits per heavy atom. The zero-order valence-electron chi connectivity index (χ0n) is 43.3. The number of hydrogen-bond acceptors (Lipinski definition) is 6. The van der Waals surface area contributed by atoms with E-state index in [-0.39, 0.29) is 31.1 Å². The lowest BCUT2D eigenvalue weighted by molar-refractivity contribution is -0.167. The lowest BCUT2D eigenvalue weighted by Crippen LogP contribution is -2.30. The minimum absolute atomic E-state index is 0.0697. The first-order valence-electron chi connectivity index (χ1n) is 28.1. The quantitative estimate of drug-likeness (QED) is 0.0262. The molecule has 0 aromatic rings. The molecule has 0 aliphatic heterocycles. The zero-order valence-corrected chi connectivity index (χ0v) is 43.3. The second kappa shape index (κ2) is 54.0. The van der Waals surface area contributed by atoms with Gasteiger partial charge < -0.3 is 14.2 Å². The molecule has 0 N–H and O–H groups in total. The third kappa shape index (κ3) is 52.2. The van der Waals surface area contributed by atoms with Gasteiger partial charge in [-0.2, -0.15) is 0 Å². The molecule has 0 spiro atoms. The maximum Gasteiger partial charge on any atom is 0.306 e. The molecule has 0 heterocycles. The fourth-order valence-corrected chi connectivity index (χ4v) is 8.14. The van der Waals surface area contributed by atoms with Gasteiger partial charge >= 0.3 is 17.9 Å². The molecule has 0 rings (SSSR count). The molecule has 0 saturated carbocycles. The Morgan fingerprint density at radius 3 is 0.938 bits per heavy atom. The van der Waals surface area contributed by atoms with Crippen molar-refractivity contribution >= 4 is 17.9 Å². The number of allylic oxidation sites excluding steroid dienone is 8. The highest BCUT2D eigenvalue weighted by Crippen LogP contribution is 2.16. The van der Waals surface area contributed by atoms with Crippen LogP contribution in [0.5, 0.6) is 0 Å². The van der Waals surface area contributed by atoms with Gasteiger partial charge in [0.05, 0.1) is 0 Å². The van der Waals surface area contributed by atoms with Crippen LogP contribution in [0, 0.1) is 0 Å². The second-order valence-corrected chi connectivity index (χ2v) is 18.8.